The van der Waals surface area contributed by atoms with Crippen molar-refractivity contribution in [1.29, 1.82) is 0 Å². The van der Waals surface area contributed by atoms with E-state index in [9.17, 15) is 31.4 Å². The molecule has 0 aliphatic heterocycles. The van der Waals surface area contributed by atoms with Crippen LogP contribution in [0.3, 0.4) is 0 Å². The van der Waals surface area contributed by atoms with Crippen LogP contribution in [0.15, 0.2) is 84.9 Å². The van der Waals surface area contributed by atoms with Gasteiger partial charge >= 0.3 is 15.2 Å². The van der Waals surface area contributed by atoms with Crippen molar-refractivity contribution in [2.24, 2.45) is 23.7 Å². The maximum atomic E-state index is 14.4. The predicted molar refractivity (Wildman–Crippen MR) is 280 cm³/mol. The monoisotopic (exact) mass is 1080 g/mol. The molecule has 1 N–H and O–H groups in total. The van der Waals surface area contributed by atoms with E-state index in [0.717, 1.165) is 106 Å². The quantitative estimate of drug-likeness (QED) is 0.0585. The molecule has 73 heavy (non-hydrogen) atoms. The molecule has 0 radical (unpaired) electrons. The number of phenols is 1. The van der Waals surface area contributed by atoms with Crippen molar-refractivity contribution >= 4 is 25.3 Å². The molecule has 0 heterocycles. The van der Waals surface area contributed by atoms with Gasteiger partial charge in [0, 0.05) is 28.4 Å². The molecule has 0 spiro atoms. The van der Waals surface area contributed by atoms with Gasteiger partial charge in [-0.25, -0.2) is 8.78 Å². The van der Waals surface area contributed by atoms with Crippen LogP contribution in [-0.4, -0.2) is 88.0 Å². The van der Waals surface area contributed by atoms with E-state index in [1.54, 1.807) is 44.6 Å². The first kappa shape index (κ1) is 58.4. The molecule has 0 saturated heterocycles. The highest BCUT2D eigenvalue weighted by atomic mass is 32.2. The molecule has 0 amide bonds. The molecule has 18 heteroatoms. The summed E-state index contributed by atoms with van der Waals surface area (Å²) in [6.45, 7) is 0.881. The molecule has 0 bridgehead atoms. The van der Waals surface area contributed by atoms with Crippen LogP contribution in [0.5, 0.6) is 23.0 Å². The van der Waals surface area contributed by atoms with E-state index in [1.807, 2.05) is 30.3 Å². The molecule has 4 aromatic carbocycles. The second kappa shape index (κ2) is 27.3. The fourth-order valence-corrected chi connectivity index (χ4v) is 13.5. The molecule has 2 atom stereocenters. The van der Waals surface area contributed by atoms with E-state index in [2.05, 4.69) is 12.1 Å². The van der Waals surface area contributed by atoms with Gasteiger partial charge in [-0.2, -0.15) is 8.42 Å². The summed E-state index contributed by atoms with van der Waals surface area (Å²) < 4.78 is 117. The predicted octanol–water partition coefficient (Wildman–Crippen LogP) is 13.6. The van der Waals surface area contributed by atoms with Crippen molar-refractivity contribution in [3.05, 3.63) is 119 Å². The molecule has 404 valence electrons. The van der Waals surface area contributed by atoms with Crippen LogP contribution in [0, 0.1) is 35.3 Å². The SMILES string of the molecule is COP(=O)(CC(c1cccc(O)c1)C1CC1)OC.COc1ccc(F)c(C2CCC(COS(C)(=O)=O)CC2)c1.COc1ccc(F)c(C2CCC(COc3cccc(C(CP(=O)(OC)OC)C4CC4)c3)CC2)c1. The molecule has 4 saturated carbocycles. The van der Waals surface area contributed by atoms with Crippen molar-refractivity contribution in [1.82, 2.24) is 0 Å². The first-order valence-electron chi connectivity index (χ1n) is 25.3. The van der Waals surface area contributed by atoms with Crippen LogP contribution in [0.2, 0.25) is 0 Å². The smallest absolute Gasteiger partial charge is 0.330 e. The molecule has 4 aromatic rings. The molecule has 13 nitrogen and oxygen atoms in total. The lowest BCUT2D eigenvalue weighted by Gasteiger charge is -2.29. The topological polar surface area (TPSA) is 162 Å². The zero-order valence-corrected chi connectivity index (χ0v) is 46.0. The fourth-order valence-electron chi connectivity index (χ4n) is 10.2. The van der Waals surface area contributed by atoms with Crippen molar-refractivity contribution in [2.45, 2.75) is 101 Å². The normalized spacial score (nSPS) is 21.1. The molecule has 4 aliphatic carbocycles. The highest BCUT2D eigenvalue weighted by Crippen LogP contribution is 2.57. The molecule has 4 aliphatic rings. The minimum atomic E-state index is -3.38. The van der Waals surface area contributed by atoms with Crippen molar-refractivity contribution in [2.75, 3.05) is 74.5 Å². The number of phenolic OH excluding ortho intramolecular Hbond substituents is 1. The van der Waals surface area contributed by atoms with Crippen LogP contribution in [0.4, 0.5) is 8.78 Å². The molecule has 4 fully saturated rings. The summed E-state index contributed by atoms with van der Waals surface area (Å²) in [5.41, 5.74) is 3.59. The summed E-state index contributed by atoms with van der Waals surface area (Å²) in [5, 5.41) is 9.55. The van der Waals surface area contributed by atoms with Crippen LogP contribution < -0.4 is 14.2 Å². The minimum Gasteiger partial charge on any atom is -0.508 e. The number of ether oxygens (including phenoxy) is 3. The highest BCUT2D eigenvalue weighted by Gasteiger charge is 2.40. The lowest BCUT2D eigenvalue weighted by atomic mass is 9.79. The Morgan fingerprint density at radius 3 is 1.37 bits per heavy atom. The zero-order chi connectivity index (χ0) is 52.8. The first-order valence-corrected chi connectivity index (χ1v) is 30.6. The summed E-state index contributed by atoms with van der Waals surface area (Å²) in [6, 6.07) is 25.1. The van der Waals surface area contributed by atoms with Gasteiger partial charge in [0.05, 0.1) is 46.0 Å². The Morgan fingerprint density at radius 1 is 0.548 bits per heavy atom. The van der Waals surface area contributed by atoms with Gasteiger partial charge in [0.15, 0.2) is 0 Å². The van der Waals surface area contributed by atoms with Gasteiger partial charge in [-0.05, 0) is 207 Å². The van der Waals surface area contributed by atoms with E-state index in [1.165, 1.54) is 40.6 Å². The average Bonchev–Trinajstić information content (AvgIpc) is 4.36. The van der Waals surface area contributed by atoms with Crippen LogP contribution in [0.1, 0.15) is 123 Å². The molecular weight excluding hydrogens is 1000 g/mol. The lowest BCUT2D eigenvalue weighted by molar-refractivity contribution is 0.199. The van der Waals surface area contributed by atoms with Crippen LogP contribution in [-0.2, 0) is 41.5 Å². The standard InChI is InChI=1S/C27H36FO5P.C15H21FO4S.C13H19O4P/c1-30-23-13-14-27(28)25(16-23)20-9-7-19(8-10-20)17-33-24-6-4-5-22(15-24)26(21-11-12-21)18-34(29,31-2)32-3;1-19-13-7-8-15(16)14(9-13)12-5-3-11(4-6-12)10-20-21(2,17)18;1-16-18(15,17-2)9-13(10-6-7-10)11-4-3-5-12(14)8-11/h4-6,13-16,19-21,26H,7-12,17-18H2,1-3H3;7-9,11-12H,3-6,10H2,1-2H3;3-5,8,10,13-14H,6-7,9H2,1-2H3. The Morgan fingerprint density at radius 2 is 0.973 bits per heavy atom. The summed E-state index contributed by atoms with van der Waals surface area (Å²) in [7, 11) is -0.576. The number of aromatic hydroxyl groups is 1. The third-order valence-electron chi connectivity index (χ3n) is 14.9. The van der Waals surface area contributed by atoms with Gasteiger partial charge in [-0.15, -0.1) is 0 Å². The van der Waals surface area contributed by atoms with E-state index in [0.29, 0.717) is 53.7 Å². The number of halogens is 2. The van der Waals surface area contributed by atoms with Crippen molar-refractivity contribution in [3.8, 4) is 23.0 Å². The van der Waals surface area contributed by atoms with Crippen LogP contribution >= 0.6 is 15.2 Å². The van der Waals surface area contributed by atoms with Gasteiger partial charge in [-0.1, -0.05) is 24.3 Å². The van der Waals surface area contributed by atoms with Crippen molar-refractivity contribution in [3.63, 3.8) is 0 Å². The Labute approximate surface area is 432 Å². The molecule has 0 aromatic heterocycles. The molecule has 2 unspecified atom stereocenters. The Balaban J connectivity index is 0.000000191. The Kier molecular flexibility index (Phi) is 21.8. The number of benzene rings is 4. The van der Waals surface area contributed by atoms with E-state index in [4.69, 9.17) is 36.5 Å². The molecule has 8 rings (SSSR count). The summed E-state index contributed by atoms with van der Waals surface area (Å²) in [4.78, 5) is 0. The Hall–Kier alpha value is -3.85. The Bertz CT molecular complexity index is 2560. The lowest BCUT2D eigenvalue weighted by Crippen LogP contribution is -2.20. The van der Waals surface area contributed by atoms with Gasteiger partial charge in [0.1, 0.15) is 34.6 Å². The summed E-state index contributed by atoms with van der Waals surface area (Å²) >= 11 is 0. The third-order valence-corrected chi connectivity index (χ3v) is 19.4. The maximum Gasteiger partial charge on any atom is 0.330 e. The van der Waals surface area contributed by atoms with E-state index in [-0.39, 0.29) is 53.6 Å². The third kappa shape index (κ3) is 17.9. The summed E-state index contributed by atoms with van der Waals surface area (Å²) in [6.07, 6.45) is 13.6. The van der Waals surface area contributed by atoms with E-state index >= 15 is 0 Å². The van der Waals surface area contributed by atoms with Gasteiger partial charge < -0.3 is 37.4 Å². The highest BCUT2D eigenvalue weighted by molar-refractivity contribution is 7.86. The number of hydrogen-bond acceptors (Lipinski definition) is 13. The second-order valence-electron chi connectivity index (χ2n) is 19.9. The first-order chi connectivity index (χ1) is 34.9. The zero-order valence-electron chi connectivity index (χ0n) is 43.4. The fraction of sp³-hybridized carbons (Fsp3) is 0.564. The number of methoxy groups -OCH3 is 2. The van der Waals surface area contributed by atoms with Crippen molar-refractivity contribution < 1.29 is 67.9 Å². The second-order valence-corrected chi connectivity index (χ2v) is 26.2. The van der Waals surface area contributed by atoms with Crippen LogP contribution in [0.25, 0.3) is 0 Å². The number of rotatable bonds is 22. The summed E-state index contributed by atoms with van der Waals surface area (Å²) in [5.74, 6) is 4.47. The van der Waals surface area contributed by atoms with Gasteiger partial charge in [0.25, 0.3) is 10.1 Å². The van der Waals surface area contributed by atoms with Gasteiger partial charge in [-0.3, -0.25) is 13.3 Å². The number of hydrogen-bond donors (Lipinski definition) is 1. The largest absolute Gasteiger partial charge is 0.508 e. The maximum absolute atomic E-state index is 14.4. The average molecular weight is 1080 g/mol. The minimum absolute atomic E-state index is 0.128. The van der Waals surface area contributed by atoms with E-state index < -0.39 is 25.3 Å². The molecular formula is C55H76F2O13P2S. The van der Waals surface area contributed by atoms with Gasteiger partial charge in [0.2, 0.25) is 0 Å².